The van der Waals surface area contributed by atoms with Crippen molar-refractivity contribution in [3.63, 3.8) is 0 Å². The summed E-state index contributed by atoms with van der Waals surface area (Å²) in [4.78, 5) is 8.78. The molecule has 0 fully saturated rings. The minimum Gasteiger partial charge on any atom is -0.508 e. The van der Waals surface area contributed by atoms with Crippen molar-refractivity contribution in [1.29, 1.82) is 5.41 Å². The molecule has 0 bridgehead atoms. The smallest absolute Gasteiger partial charge is 0.162 e. The van der Waals surface area contributed by atoms with Gasteiger partial charge in [-0.25, -0.2) is 9.97 Å². The van der Waals surface area contributed by atoms with Crippen LogP contribution in [0.25, 0.3) is 11.4 Å². The van der Waals surface area contributed by atoms with Gasteiger partial charge in [0.25, 0.3) is 0 Å². The third kappa shape index (κ3) is 3.92. The number of aromatic hydroxyl groups is 1. The van der Waals surface area contributed by atoms with Crippen LogP contribution in [0.3, 0.4) is 0 Å². The van der Waals surface area contributed by atoms with Crippen molar-refractivity contribution in [2.45, 2.75) is 0 Å². The quantitative estimate of drug-likeness (QED) is 0.402. The Morgan fingerprint density at radius 1 is 1.30 bits per heavy atom. The van der Waals surface area contributed by atoms with E-state index in [0.29, 0.717) is 33.1 Å². The summed E-state index contributed by atoms with van der Waals surface area (Å²) in [7, 11) is 0. The van der Waals surface area contributed by atoms with Crippen LogP contribution in [0, 0.1) is 5.41 Å². The predicted molar refractivity (Wildman–Crippen MR) is 96.8 cm³/mol. The molecule has 0 spiro atoms. The zero-order valence-corrected chi connectivity index (χ0v) is 13.8. The Balaban J connectivity index is 2.56. The molecule has 1 heterocycles. The number of rotatable bonds is 6. The van der Waals surface area contributed by atoms with Crippen molar-refractivity contribution in [2.75, 3.05) is 5.32 Å². The highest BCUT2D eigenvalue weighted by Crippen LogP contribution is 2.27. The molecule has 2 rings (SSSR count). The van der Waals surface area contributed by atoms with Crippen LogP contribution < -0.4 is 5.32 Å². The van der Waals surface area contributed by atoms with Gasteiger partial charge in [0.05, 0.1) is 5.56 Å². The average Bonchev–Trinajstić information content (AvgIpc) is 2.54. The van der Waals surface area contributed by atoms with E-state index in [1.807, 2.05) is 0 Å². The van der Waals surface area contributed by atoms with E-state index in [4.69, 9.17) is 5.41 Å². The Labute approximate surface area is 142 Å². The summed E-state index contributed by atoms with van der Waals surface area (Å²) in [6.45, 7) is 7.37. The first-order valence-electron chi connectivity index (χ1n) is 6.68. The molecule has 0 unspecified atom stereocenters. The van der Waals surface area contributed by atoms with Crippen LogP contribution in [0.1, 0.15) is 5.56 Å². The molecule has 5 nitrogen and oxygen atoms in total. The first-order chi connectivity index (χ1) is 11.1. The summed E-state index contributed by atoms with van der Waals surface area (Å²) in [5, 5.41) is 20.3. The maximum Gasteiger partial charge on any atom is 0.162 e. The molecule has 1 aromatic carbocycles. The molecule has 0 radical (unpaired) electrons. The van der Waals surface area contributed by atoms with E-state index in [0.717, 1.165) is 6.21 Å². The van der Waals surface area contributed by atoms with Gasteiger partial charge in [0.15, 0.2) is 5.82 Å². The summed E-state index contributed by atoms with van der Waals surface area (Å²) in [5.41, 5.74) is 1.86. The first-order valence-corrected chi connectivity index (χ1v) is 7.48. The van der Waals surface area contributed by atoms with Crippen molar-refractivity contribution < 1.29 is 5.11 Å². The summed E-state index contributed by atoms with van der Waals surface area (Å²) in [6, 6.07) is 6.66. The van der Waals surface area contributed by atoms with Gasteiger partial charge >= 0.3 is 0 Å². The number of halogens is 1. The lowest BCUT2D eigenvalue weighted by Gasteiger charge is -2.12. The van der Waals surface area contributed by atoms with Gasteiger partial charge in [0, 0.05) is 17.5 Å². The third-order valence-corrected chi connectivity index (χ3v) is 3.53. The number of phenols is 1. The highest BCUT2D eigenvalue weighted by molar-refractivity contribution is 9.10. The Morgan fingerprint density at radius 2 is 2.09 bits per heavy atom. The van der Waals surface area contributed by atoms with E-state index in [-0.39, 0.29) is 5.75 Å². The van der Waals surface area contributed by atoms with Crippen LogP contribution in [0.4, 0.5) is 5.82 Å². The van der Waals surface area contributed by atoms with Gasteiger partial charge in [0.1, 0.15) is 16.2 Å². The molecular formula is C17H15BrN4O. The van der Waals surface area contributed by atoms with Gasteiger partial charge in [0.2, 0.25) is 0 Å². The van der Waals surface area contributed by atoms with Crippen molar-refractivity contribution in [1.82, 2.24) is 9.97 Å². The van der Waals surface area contributed by atoms with Gasteiger partial charge in [-0.15, -0.1) is 0 Å². The molecule has 0 aliphatic heterocycles. The monoisotopic (exact) mass is 370 g/mol. The second-order valence-electron chi connectivity index (χ2n) is 4.48. The number of allylic oxidation sites excluding steroid dienone is 3. The van der Waals surface area contributed by atoms with Crippen LogP contribution in [0.15, 0.2) is 66.0 Å². The lowest BCUT2D eigenvalue weighted by atomic mass is 10.2. The molecule has 3 N–H and O–H groups in total. The number of nitrogens with one attached hydrogen (secondary N) is 2. The van der Waals surface area contributed by atoms with E-state index in [1.165, 1.54) is 0 Å². The molecule has 116 valence electrons. The molecule has 6 heteroatoms. The van der Waals surface area contributed by atoms with Crippen LogP contribution in [-0.2, 0) is 0 Å². The van der Waals surface area contributed by atoms with Crippen LogP contribution in [0.2, 0.25) is 0 Å². The highest BCUT2D eigenvalue weighted by atomic mass is 79.9. The average molecular weight is 371 g/mol. The lowest BCUT2D eigenvalue weighted by Crippen LogP contribution is -2.06. The van der Waals surface area contributed by atoms with E-state index in [1.54, 1.807) is 42.5 Å². The molecule has 0 aliphatic rings. The molecule has 0 saturated heterocycles. The number of nitrogens with zero attached hydrogens (tertiary/aromatic N) is 2. The van der Waals surface area contributed by atoms with Gasteiger partial charge in [-0.3, -0.25) is 0 Å². The third-order valence-electron chi connectivity index (χ3n) is 2.93. The predicted octanol–water partition coefficient (Wildman–Crippen LogP) is 4.28. The summed E-state index contributed by atoms with van der Waals surface area (Å²) < 4.78 is 0.477. The fourth-order valence-electron chi connectivity index (χ4n) is 1.86. The number of phenolic OH excluding ortho intramolecular Hbond substituents is 1. The molecule has 0 saturated carbocycles. The van der Waals surface area contributed by atoms with Gasteiger partial charge in [-0.2, -0.15) is 0 Å². The van der Waals surface area contributed by atoms with Crippen molar-refractivity contribution in [3.8, 4) is 17.1 Å². The zero-order valence-electron chi connectivity index (χ0n) is 12.3. The van der Waals surface area contributed by atoms with Gasteiger partial charge in [-0.1, -0.05) is 31.4 Å². The Hall–Kier alpha value is -2.73. The number of hydrogen-bond donors (Lipinski definition) is 3. The SMILES string of the molecule is C=C/C=C(\C=C)Nc1nc(-c2cccc(O)c2)nc(Br)c1C=N. The van der Waals surface area contributed by atoms with E-state index >= 15 is 0 Å². The summed E-state index contributed by atoms with van der Waals surface area (Å²) in [6.07, 6.45) is 6.15. The topological polar surface area (TPSA) is 81.9 Å². The van der Waals surface area contributed by atoms with Crippen LogP contribution in [-0.4, -0.2) is 21.3 Å². The first kappa shape index (κ1) is 16.6. The lowest BCUT2D eigenvalue weighted by molar-refractivity contribution is 0.475. The summed E-state index contributed by atoms with van der Waals surface area (Å²) in [5.74, 6) is 1.00. The zero-order chi connectivity index (χ0) is 16.8. The van der Waals surface area contributed by atoms with E-state index in [9.17, 15) is 5.11 Å². The minimum atomic E-state index is 0.131. The molecule has 0 atom stereocenters. The number of anilines is 1. The van der Waals surface area contributed by atoms with Crippen molar-refractivity contribution in [3.05, 3.63) is 71.5 Å². The van der Waals surface area contributed by atoms with Crippen molar-refractivity contribution >= 4 is 28.0 Å². The highest BCUT2D eigenvalue weighted by Gasteiger charge is 2.13. The van der Waals surface area contributed by atoms with Crippen molar-refractivity contribution in [2.24, 2.45) is 0 Å². The Morgan fingerprint density at radius 3 is 2.70 bits per heavy atom. The maximum atomic E-state index is 9.61. The van der Waals surface area contributed by atoms with E-state index in [2.05, 4.69) is 44.4 Å². The Bertz CT molecular complexity index is 799. The molecule has 1 aromatic heterocycles. The minimum absolute atomic E-state index is 0.131. The Kier molecular flexibility index (Phi) is 5.43. The fraction of sp³-hybridized carbons (Fsp3) is 0. The largest absolute Gasteiger partial charge is 0.508 e. The normalized spacial score (nSPS) is 10.9. The van der Waals surface area contributed by atoms with Gasteiger partial charge in [-0.05, 0) is 40.2 Å². The summed E-state index contributed by atoms with van der Waals surface area (Å²) >= 11 is 3.35. The van der Waals surface area contributed by atoms with Crippen LogP contribution >= 0.6 is 15.9 Å². The van der Waals surface area contributed by atoms with E-state index < -0.39 is 0 Å². The van der Waals surface area contributed by atoms with Gasteiger partial charge < -0.3 is 15.8 Å². The standard InChI is InChI=1S/C17H15BrN4O/c1-3-6-12(4-2)20-17-14(10-19)15(18)21-16(22-17)11-7-5-8-13(23)9-11/h3-10,19,23H,1-2H2,(H,20,21,22)/b12-6+,19-10?. The molecule has 23 heavy (non-hydrogen) atoms. The number of benzene rings is 1. The second-order valence-corrected chi connectivity index (χ2v) is 5.23. The molecular weight excluding hydrogens is 356 g/mol. The maximum absolute atomic E-state index is 9.61. The number of aromatic nitrogens is 2. The second kappa shape index (κ2) is 7.51. The molecule has 2 aromatic rings. The van der Waals surface area contributed by atoms with Crippen LogP contribution in [0.5, 0.6) is 5.75 Å². The molecule has 0 aliphatic carbocycles. The fourth-order valence-corrected chi connectivity index (χ4v) is 2.33. The molecule has 0 amide bonds. The number of hydrogen-bond acceptors (Lipinski definition) is 5.